The Morgan fingerprint density at radius 1 is 1.14 bits per heavy atom. The van der Waals surface area contributed by atoms with Crippen molar-refractivity contribution >= 4 is 34.0 Å². The van der Waals surface area contributed by atoms with E-state index in [0.29, 0.717) is 38.4 Å². The first-order valence-corrected chi connectivity index (χ1v) is 15.8. The molecule has 1 unspecified atom stereocenters. The third kappa shape index (κ3) is 6.00. The Morgan fingerprint density at radius 2 is 1.98 bits per heavy atom. The summed E-state index contributed by atoms with van der Waals surface area (Å²) in [6.45, 7) is 10.4. The molecule has 2 fully saturated rings. The van der Waals surface area contributed by atoms with Gasteiger partial charge in [0, 0.05) is 61.1 Å². The predicted molar refractivity (Wildman–Crippen MR) is 174 cm³/mol. The third-order valence-electron chi connectivity index (χ3n) is 9.35. The van der Waals surface area contributed by atoms with Crippen molar-refractivity contribution in [2.45, 2.75) is 57.7 Å². The van der Waals surface area contributed by atoms with Crippen molar-refractivity contribution < 1.29 is 9.59 Å². The lowest BCUT2D eigenvalue weighted by atomic mass is 9.97. The molecule has 0 spiro atoms. The molecule has 9 heteroatoms. The van der Waals surface area contributed by atoms with Crippen LogP contribution in [-0.4, -0.2) is 73.1 Å². The Kier molecular flexibility index (Phi) is 8.80. The third-order valence-corrected chi connectivity index (χ3v) is 9.35. The molecular weight excluding hydrogens is 550 g/mol. The zero-order valence-corrected chi connectivity index (χ0v) is 25.5. The minimum atomic E-state index is -0.253. The highest BCUT2D eigenvalue weighted by atomic mass is 16.2. The first-order chi connectivity index (χ1) is 21.5. The summed E-state index contributed by atoms with van der Waals surface area (Å²) in [4.78, 5) is 37.5. The van der Waals surface area contributed by atoms with Gasteiger partial charge in [-0.25, -0.2) is 4.98 Å². The molecule has 3 aliphatic rings. The van der Waals surface area contributed by atoms with Crippen LogP contribution in [0.15, 0.2) is 55.1 Å². The van der Waals surface area contributed by atoms with Crippen LogP contribution in [0.2, 0.25) is 0 Å². The largest absolute Gasteiger partial charge is 0.367 e. The van der Waals surface area contributed by atoms with Gasteiger partial charge in [0.25, 0.3) is 5.91 Å². The lowest BCUT2D eigenvalue weighted by Crippen LogP contribution is -2.55. The standard InChI is InChI=1S/C35H41N7O2/c1-3-33(43)42-19-18-41(22-27(42)13-15-36)32-20-29(35(44)38-21-26-11-4-5-16-37-26)39-30-23-40(17-14-28(30)32)31-12-7-10-25-9-6-8-24(2)34(25)31/h3,6-10,12,20,26-27,37H,1,4-5,11,13-14,16-19,21-23H2,2H3,(H,38,44)/t26?,27-/m0/s1. The van der Waals surface area contributed by atoms with Crippen molar-refractivity contribution in [1.82, 2.24) is 20.5 Å². The van der Waals surface area contributed by atoms with Crippen LogP contribution in [0.25, 0.3) is 10.8 Å². The summed E-state index contributed by atoms with van der Waals surface area (Å²) in [5.41, 5.74) is 5.85. The monoisotopic (exact) mass is 591 g/mol. The number of aryl methyl sites for hydroxylation is 1. The minimum absolute atomic E-state index is 0.154. The number of piperazine rings is 1. The molecule has 0 bridgehead atoms. The average Bonchev–Trinajstić information content (AvgIpc) is 3.06. The van der Waals surface area contributed by atoms with Gasteiger partial charge in [0.15, 0.2) is 0 Å². The van der Waals surface area contributed by atoms with Gasteiger partial charge in [-0.05, 0) is 61.9 Å². The molecule has 2 amide bonds. The fraction of sp³-hybridized carbons (Fsp3) is 0.429. The zero-order valence-electron chi connectivity index (χ0n) is 25.5. The fourth-order valence-electron chi connectivity index (χ4n) is 7.06. The molecule has 1 aromatic heterocycles. The van der Waals surface area contributed by atoms with Gasteiger partial charge in [-0.15, -0.1) is 0 Å². The molecule has 0 saturated carbocycles. The quantitative estimate of drug-likeness (QED) is 0.399. The van der Waals surface area contributed by atoms with E-state index in [1.54, 1.807) is 4.90 Å². The number of hydrogen-bond acceptors (Lipinski definition) is 7. The highest BCUT2D eigenvalue weighted by Gasteiger charge is 2.33. The van der Waals surface area contributed by atoms with Crippen molar-refractivity contribution in [3.63, 3.8) is 0 Å². The summed E-state index contributed by atoms with van der Waals surface area (Å²) in [5, 5.41) is 18.6. The number of carbonyl (C=O) groups excluding carboxylic acids is 2. The van der Waals surface area contributed by atoms with E-state index in [0.717, 1.165) is 42.9 Å². The summed E-state index contributed by atoms with van der Waals surface area (Å²) in [6, 6.07) is 17.0. The molecule has 2 saturated heterocycles. The lowest BCUT2D eigenvalue weighted by molar-refractivity contribution is -0.128. The normalized spacial score (nSPS) is 20.1. The van der Waals surface area contributed by atoms with Crippen molar-refractivity contribution in [3.8, 4) is 6.07 Å². The van der Waals surface area contributed by atoms with Crippen LogP contribution in [0.4, 0.5) is 11.4 Å². The molecular formula is C35H41N7O2. The van der Waals surface area contributed by atoms with Crippen molar-refractivity contribution in [1.29, 1.82) is 5.26 Å². The molecule has 0 aliphatic carbocycles. The second-order valence-corrected chi connectivity index (χ2v) is 12.1. The number of anilines is 2. The Bertz CT molecular complexity index is 1600. The molecule has 3 aromatic rings. The highest BCUT2D eigenvalue weighted by Crippen LogP contribution is 2.36. The summed E-state index contributed by atoms with van der Waals surface area (Å²) in [6.07, 6.45) is 5.73. The van der Waals surface area contributed by atoms with Crippen LogP contribution < -0.4 is 20.4 Å². The van der Waals surface area contributed by atoms with Gasteiger partial charge < -0.3 is 25.3 Å². The molecule has 2 atom stereocenters. The molecule has 44 heavy (non-hydrogen) atoms. The summed E-state index contributed by atoms with van der Waals surface area (Å²) in [5.74, 6) is -0.326. The molecule has 2 N–H and O–H groups in total. The van der Waals surface area contributed by atoms with E-state index in [1.807, 2.05) is 6.07 Å². The van der Waals surface area contributed by atoms with Gasteiger partial charge >= 0.3 is 0 Å². The number of nitrogens with one attached hydrogen (secondary N) is 2. The molecule has 6 rings (SSSR count). The van der Waals surface area contributed by atoms with Gasteiger partial charge in [-0.3, -0.25) is 9.59 Å². The Balaban J connectivity index is 1.34. The van der Waals surface area contributed by atoms with E-state index in [-0.39, 0.29) is 30.3 Å². The second kappa shape index (κ2) is 13.1. The van der Waals surface area contributed by atoms with Crippen LogP contribution in [0.5, 0.6) is 0 Å². The van der Waals surface area contributed by atoms with Crippen molar-refractivity contribution in [2.24, 2.45) is 0 Å². The van der Waals surface area contributed by atoms with Gasteiger partial charge in [-0.2, -0.15) is 5.26 Å². The molecule has 3 aliphatic heterocycles. The van der Waals surface area contributed by atoms with E-state index in [1.165, 1.54) is 40.9 Å². The number of carbonyl (C=O) groups is 2. The lowest BCUT2D eigenvalue weighted by Gasteiger charge is -2.43. The van der Waals surface area contributed by atoms with Crippen LogP contribution in [-0.2, 0) is 17.8 Å². The minimum Gasteiger partial charge on any atom is -0.367 e. The Morgan fingerprint density at radius 3 is 2.75 bits per heavy atom. The Labute approximate surface area is 259 Å². The maximum absolute atomic E-state index is 13.6. The van der Waals surface area contributed by atoms with E-state index >= 15 is 0 Å². The number of aromatic nitrogens is 1. The molecule has 228 valence electrons. The number of nitrogens with zero attached hydrogens (tertiary/aromatic N) is 5. The fourth-order valence-corrected chi connectivity index (χ4v) is 7.06. The number of nitriles is 1. The number of fused-ring (bicyclic) bond motifs is 2. The number of rotatable bonds is 7. The van der Waals surface area contributed by atoms with E-state index in [4.69, 9.17) is 4.98 Å². The first kappa shape index (κ1) is 29.6. The number of piperidine rings is 1. The molecule has 0 radical (unpaired) electrons. The topological polar surface area (TPSA) is 105 Å². The van der Waals surface area contributed by atoms with E-state index in [9.17, 15) is 14.9 Å². The van der Waals surface area contributed by atoms with Gasteiger partial charge in [0.05, 0.1) is 30.8 Å². The zero-order chi connectivity index (χ0) is 30.6. The predicted octanol–water partition coefficient (Wildman–Crippen LogP) is 4.09. The van der Waals surface area contributed by atoms with Crippen LogP contribution in [0.1, 0.15) is 53.0 Å². The molecule has 9 nitrogen and oxygen atoms in total. The number of hydrogen-bond donors (Lipinski definition) is 2. The van der Waals surface area contributed by atoms with Crippen LogP contribution in [0, 0.1) is 18.3 Å². The summed E-state index contributed by atoms with van der Waals surface area (Å²) < 4.78 is 0. The summed E-state index contributed by atoms with van der Waals surface area (Å²) in [7, 11) is 0. The van der Waals surface area contributed by atoms with Crippen LogP contribution >= 0.6 is 0 Å². The van der Waals surface area contributed by atoms with Gasteiger partial charge in [-0.1, -0.05) is 43.3 Å². The number of benzene rings is 2. The van der Waals surface area contributed by atoms with Gasteiger partial charge in [0.1, 0.15) is 5.69 Å². The van der Waals surface area contributed by atoms with E-state index < -0.39 is 0 Å². The SMILES string of the molecule is C=CC(=O)N1CCN(c2cc(C(=O)NCC3CCCCN3)nc3c2CCN(c2cccc4cccc(C)c24)C3)C[C@@H]1CC#N. The molecule has 2 aromatic carbocycles. The van der Waals surface area contributed by atoms with Gasteiger partial charge in [0.2, 0.25) is 5.91 Å². The van der Waals surface area contributed by atoms with Crippen molar-refractivity contribution in [2.75, 3.05) is 49.1 Å². The maximum atomic E-state index is 13.6. The highest BCUT2D eigenvalue weighted by molar-refractivity contribution is 5.97. The smallest absolute Gasteiger partial charge is 0.270 e. The Hall–Kier alpha value is -4.42. The average molecular weight is 592 g/mol. The summed E-state index contributed by atoms with van der Waals surface area (Å²) >= 11 is 0. The maximum Gasteiger partial charge on any atom is 0.270 e. The second-order valence-electron chi connectivity index (χ2n) is 12.1. The number of pyridine rings is 1. The van der Waals surface area contributed by atoms with Crippen molar-refractivity contribution in [3.05, 3.63) is 77.6 Å². The van der Waals surface area contributed by atoms with Crippen LogP contribution in [0.3, 0.4) is 0 Å². The number of amides is 2. The first-order valence-electron chi connectivity index (χ1n) is 15.8. The molecule has 4 heterocycles. The van der Waals surface area contributed by atoms with E-state index in [2.05, 4.69) is 76.4 Å².